The predicted molar refractivity (Wildman–Crippen MR) is 119 cm³/mol. The molecule has 0 aliphatic carbocycles. The van der Waals surface area contributed by atoms with Crippen molar-refractivity contribution in [2.24, 2.45) is 0 Å². The van der Waals surface area contributed by atoms with E-state index in [2.05, 4.69) is 0 Å². The van der Waals surface area contributed by atoms with E-state index in [1.165, 1.54) is 58.9 Å². The lowest BCUT2D eigenvalue weighted by Gasteiger charge is -2.35. The number of halogens is 2. The normalized spacial score (nSPS) is 14.8. The molecular weight excluding hydrogens is 450 g/mol. The van der Waals surface area contributed by atoms with Gasteiger partial charge in [-0.3, -0.25) is 0 Å². The van der Waals surface area contributed by atoms with Crippen LogP contribution in [0.15, 0.2) is 77.7 Å². The van der Waals surface area contributed by atoms with E-state index in [0.29, 0.717) is 18.7 Å². The Hall–Kier alpha value is -3.30. The first kappa shape index (κ1) is 22.9. The molecule has 1 heterocycles. The van der Waals surface area contributed by atoms with Crippen LogP contribution in [0, 0.1) is 11.6 Å². The monoisotopic (exact) mass is 472 g/mol. The molecule has 172 valence electrons. The van der Waals surface area contributed by atoms with Crippen LogP contribution in [0.1, 0.15) is 15.9 Å². The number of benzene rings is 3. The van der Waals surface area contributed by atoms with Crippen LogP contribution < -0.4 is 4.90 Å². The Morgan fingerprint density at radius 3 is 2.24 bits per heavy atom. The first-order chi connectivity index (χ1) is 15.8. The zero-order chi connectivity index (χ0) is 23.4. The number of carbonyl (C=O) groups is 1. The van der Waals surface area contributed by atoms with Gasteiger partial charge in [-0.05, 0) is 60.2 Å². The molecule has 3 aromatic rings. The van der Waals surface area contributed by atoms with Crippen molar-refractivity contribution in [1.29, 1.82) is 0 Å². The molecule has 0 N–H and O–H groups in total. The summed E-state index contributed by atoms with van der Waals surface area (Å²) in [6.07, 6.45) is 0. The molecule has 0 unspecified atom stereocenters. The molecule has 0 aromatic heterocycles. The predicted octanol–water partition coefficient (Wildman–Crippen LogP) is 3.83. The van der Waals surface area contributed by atoms with Gasteiger partial charge in [-0.1, -0.05) is 18.2 Å². The standard InChI is InChI=1S/C24H22F2N2O4S/c25-20-7-9-22(10-8-20)27-11-13-28(14-12-27)33(30,31)23-6-2-4-19(16-23)24(29)32-17-18-3-1-5-21(26)15-18/h1-10,15-16H,11-14,17H2. The molecule has 1 saturated heterocycles. The van der Waals surface area contributed by atoms with Gasteiger partial charge in [-0.2, -0.15) is 4.31 Å². The Bertz CT molecular complexity index is 1240. The van der Waals surface area contributed by atoms with Crippen molar-refractivity contribution in [3.05, 3.63) is 95.6 Å². The van der Waals surface area contributed by atoms with Gasteiger partial charge in [-0.15, -0.1) is 0 Å². The summed E-state index contributed by atoms with van der Waals surface area (Å²) in [5.74, 6) is -1.46. The number of hydrogen-bond donors (Lipinski definition) is 0. The van der Waals surface area contributed by atoms with Crippen molar-refractivity contribution in [3.8, 4) is 0 Å². The van der Waals surface area contributed by atoms with Crippen molar-refractivity contribution >= 4 is 21.7 Å². The van der Waals surface area contributed by atoms with Crippen LogP contribution in [0.3, 0.4) is 0 Å². The molecule has 1 aliphatic rings. The Morgan fingerprint density at radius 2 is 1.55 bits per heavy atom. The fourth-order valence-corrected chi connectivity index (χ4v) is 5.10. The largest absolute Gasteiger partial charge is 0.457 e. The summed E-state index contributed by atoms with van der Waals surface area (Å²) >= 11 is 0. The third kappa shape index (κ3) is 5.37. The van der Waals surface area contributed by atoms with Crippen LogP contribution in [-0.2, 0) is 21.4 Å². The summed E-state index contributed by atoms with van der Waals surface area (Å²) in [4.78, 5) is 14.4. The average molecular weight is 473 g/mol. The van der Waals surface area contributed by atoms with E-state index < -0.39 is 21.8 Å². The summed E-state index contributed by atoms with van der Waals surface area (Å²) in [6.45, 7) is 1.31. The number of piperazine rings is 1. The third-order valence-electron chi connectivity index (χ3n) is 5.40. The number of carbonyl (C=O) groups excluding carboxylic acids is 1. The van der Waals surface area contributed by atoms with E-state index in [1.807, 2.05) is 4.90 Å². The molecule has 0 bridgehead atoms. The molecule has 4 rings (SSSR count). The SMILES string of the molecule is O=C(OCc1cccc(F)c1)c1cccc(S(=O)(=O)N2CCN(c3ccc(F)cc3)CC2)c1. The number of anilines is 1. The molecule has 0 saturated carbocycles. The van der Waals surface area contributed by atoms with Gasteiger partial charge in [0.2, 0.25) is 10.0 Å². The second-order valence-corrected chi connectivity index (χ2v) is 9.54. The van der Waals surface area contributed by atoms with Gasteiger partial charge in [0.15, 0.2) is 0 Å². The minimum absolute atomic E-state index is 0.00191. The Balaban J connectivity index is 1.41. The lowest BCUT2D eigenvalue weighted by atomic mass is 10.2. The summed E-state index contributed by atoms with van der Waals surface area (Å²) in [7, 11) is -3.81. The van der Waals surface area contributed by atoms with Crippen LogP contribution in [0.25, 0.3) is 0 Å². The second kappa shape index (κ2) is 9.68. The number of rotatable bonds is 6. The first-order valence-corrected chi connectivity index (χ1v) is 11.8. The van der Waals surface area contributed by atoms with Crippen LogP contribution in [0.2, 0.25) is 0 Å². The maximum atomic E-state index is 13.3. The molecule has 0 atom stereocenters. The molecule has 1 fully saturated rings. The molecule has 0 spiro atoms. The van der Waals surface area contributed by atoms with E-state index in [4.69, 9.17) is 4.74 Å². The zero-order valence-electron chi connectivity index (χ0n) is 17.7. The van der Waals surface area contributed by atoms with Crippen molar-refractivity contribution in [1.82, 2.24) is 4.31 Å². The number of nitrogens with zero attached hydrogens (tertiary/aromatic N) is 2. The Morgan fingerprint density at radius 1 is 0.848 bits per heavy atom. The highest BCUT2D eigenvalue weighted by molar-refractivity contribution is 7.89. The quantitative estimate of drug-likeness (QED) is 0.510. The van der Waals surface area contributed by atoms with E-state index in [1.54, 1.807) is 18.2 Å². The summed E-state index contributed by atoms with van der Waals surface area (Å²) in [5, 5.41) is 0. The fraction of sp³-hybridized carbons (Fsp3) is 0.208. The highest BCUT2D eigenvalue weighted by Gasteiger charge is 2.29. The van der Waals surface area contributed by atoms with Crippen molar-refractivity contribution in [2.75, 3.05) is 31.1 Å². The summed E-state index contributed by atoms with van der Waals surface area (Å²) < 4.78 is 59.3. The van der Waals surface area contributed by atoms with Gasteiger partial charge in [0.05, 0.1) is 10.5 Å². The summed E-state index contributed by atoms with van der Waals surface area (Å²) in [5.41, 5.74) is 1.42. The Kier molecular flexibility index (Phi) is 6.71. The van der Waals surface area contributed by atoms with Crippen molar-refractivity contribution < 1.29 is 26.7 Å². The number of ether oxygens (including phenoxy) is 1. The maximum absolute atomic E-state index is 13.3. The number of sulfonamides is 1. The van der Waals surface area contributed by atoms with Crippen molar-refractivity contribution in [3.63, 3.8) is 0 Å². The third-order valence-corrected chi connectivity index (χ3v) is 7.29. The Labute approximate surface area is 191 Å². The average Bonchev–Trinajstić information content (AvgIpc) is 2.83. The zero-order valence-corrected chi connectivity index (χ0v) is 18.5. The lowest BCUT2D eigenvalue weighted by molar-refractivity contribution is 0.0472. The molecule has 3 aromatic carbocycles. The minimum Gasteiger partial charge on any atom is -0.457 e. The highest BCUT2D eigenvalue weighted by atomic mass is 32.2. The molecule has 0 radical (unpaired) electrons. The maximum Gasteiger partial charge on any atom is 0.338 e. The van der Waals surface area contributed by atoms with Crippen LogP contribution in [0.4, 0.5) is 14.5 Å². The van der Waals surface area contributed by atoms with Crippen LogP contribution in [0.5, 0.6) is 0 Å². The molecule has 9 heteroatoms. The number of hydrogen-bond acceptors (Lipinski definition) is 5. The topological polar surface area (TPSA) is 66.9 Å². The molecule has 6 nitrogen and oxygen atoms in total. The van der Waals surface area contributed by atoms with E-state index in [0.717, 1.165) is 5.69 Å². The molecule has 33 heavy (non-hydrogen) atoms. The van der Waals surface area contributed by atoms with Gasteiger partial charge >= 0.3 is 5.97 Å². The van der Waals surface area contributed by atoms with E-state index >= 15 is 0 Å². The van der Waals surface area contributed by atoms with Crippen LogP contribution in [-0.4, -0.2) is 44.9 Å². The van der Waals surface area contributed by atoms with Gasteiger partial charge in [0, 0.05) is 31.9 Å². The van der Waals surface area contributed by atoms with Crippen LogP contribution >= 0.6 is 0 Å². The van der Waals surface area contributed by atoms with E-state index in [-0.39, 0.29) is 36.0 Å². The minimum atomic E-state index is -3.81. The van der Waals surface area contributed by atoms with Gasteiger partial charge in [0.25, 0.3) is 0 Å². The molecule has 0 amide bonds. The second-order valence-electron chi connectivity index (χ2n) is 7.60. The highest BCUT2D eigenvalue weighted by Crippen LogP contribution is 2.22. The van der Waals surface area contributed by atoms with Crippen molar-refractivity contribution in [2.45, 2.75) is 11.5 Å². The molecule has 1 aliphatic heterocycles. The lowest BCUT2D eigenvalue weighted by Crippen LogP contribution is -2.48. The number of esters is 1. The van der Waals surface area contributed by atoms with Gasteiger partial charge in [-0.25, -0.2) is 22.0 Å². The smallest absolute Gasteiger partial charge is 0.338 e. The summed E-state index contributed by atoms with van der Waals surface area (Å²) in [6, 6.07) is 17.5. The van der Waals surface area contributed by atoms with Gasteiger partial charge < -0.3 is 9.64 Å². The van der Waals surface area contributed by atoms with Gasteiger partial charge in [0.1, 0.15) is 18.2 Å². The first-order valence-electron chi connectivity index (χ1n) is 10.4. The fourth-order valence-electron chi connectivity index (χ4n) is 3.63. The molecular formula is C24H22F2N2O4S. The van der Waals surface area contributed by atoms with E-state index in [9.17, 15) is 22.0 Å².